The van der Waals surface area contributed by atoms with Crippen LogP contribution in [-0.4, -0.2) is 13.6 Å². The molecule has 162 valence electrons. The number of rotatable bonds is 3. The van der Waals surface area contributed by atoms with Crippen LogP contribution in [0, 0.1) is 27.7 Å². The Morgan fingerprint density at radius 3 is 1.25 bits per heavy atom. The first kappa shape index (κ1) is 19.9. The number of benzene rings is 2. The highest BCUT2D eigenvalue weighted by molar-refractivity contribution is 7.59. The molecule has 4 aromatic rings. The first-order valence-corrected chi connectivity index (χ1v) is 13.4. The molecular formula is C26H24O4P2. The second kappa shape index (κ2) is 7.37. The van der Waals surface area contributed by atoms with E-state index in [1.54, 1.807) is 0 Å². The van der Waals surface area contributed by atoms with Gasteiger partial charge in [0.1, 0.15) is 0 Å². The van der Waals surface area contributed by atoms with Crippen LogP contribution in [0.1, 0.15) is 21.2 Å². The lowest BCUT2D eigenvalue weighted by molar-refractivity contribution is 0.173. The molecule has 2 aliphatic heterocycles. The van der Waals surface area contributed by atoms with E-state index in [0.717, 1.165) is 34.1 Å². The summed E-state index contributed by atoms with van der Waals surface area (Å²) >= 11 is 0. The number of ether oxygens (including phenoxy) is 4. The predicted octanol–water partition coefficient (Wildman–Crippen LogP) is 8.00. The largest absolute Gasteiger partial charge is 0.454 e. The fraction of sp³-hybridized carbons (Fsp3) is 0.231. The number of hydrogen-bond donors (Lipinski definition) is 0. The molecule has 0 atom stereocenters. The molecule has 0 fully saturated rings. The molecular weight excluding hydrogens is 438 g/mol. The van der Waals surface area contributed by atoms with Crippen molar-refractivity contribution in [2.24, 2.45) is 0 Å². The van der Waals surface area contributed by atoms with Crippen molar-refractivity contribution < 1.29 is 18.9 Å². The van der Waals surface area contributed by atoms with Gasteiger partial charge in [0.15, 0.2) is 23.0 Å². The van der Waals surface area contributed by atoms with Gasteiger partial charge in [-0.25, -0.2) is 0 Å². The SMILES string of the molecule is Cc1ccc(C)p1-c1ccc2c(c1-c1c(-p3c(C)ccc3C)ccc3c1OCO3)OCO2. The molecule has 0 bridgehead atoms. The zero-order valence-corrected chi connectivity index (χ0v) is 20.3. The monoisotopic (exact) mass is 462 g/mol. The maximum absolute atomic E-state index is 6.12. The first-order chi connectivity index (χ1) is 15.5. The lowest BCUT2D eigenvalue weighted by Gasteiger charge is -2.20. The predicted molar refractivity (Wildman–Crippen MR) is 131 cm³/mol. The van der Waals surface area contributed by atoms with E-state index in [4.69, 9.17) is 18.9 Å². The van der Waals surface area contributed by atoms with Crippen LogP contribution in [0.3, 0.4) is 0 Å². The summed E-state index contributed by atoms with van der Waals surface area (Å²) in [4.78, 5) is 0. The molecule has 6 heteroatoms. The van der Waals surface area contributed by atoms with Crippen LogP contribution >= 0.6 is 15.1 Å². The van der Waals surface area contributed by atoms with Gasteiger partial charge in [-0.2, -0.15) is 0 Å². The standard InChI is InChI=1S/C26H24O4P2/c1-15-5-6-16(2)31(15)21-11-9-19-25(29-13-27-19)23(21)24-22(32-17(3)7-8-18(32)4)12-10-20-26(24)30-14-28-20/h5-12H,13-14H2,1-4H3. The fourth-order valence-electron chi connectivity index (χ4n) is 4.88. The van der Waals surface area contributed by atoms with E-state index in [0.29, 0.717) is 0 Å². The van der Waals surface area contributed by atoms with Crippen molar-refractivity contribution in [3.8, 4) is 44.7 Å². The van der Waals surface area contributed by atoms with Crippen LogP contribution in [-0.2, 0) is 0 Å². The molecule has 0 aliphatic carbocycles. The summed E-state index contributed by atoms with van der Waals surface area (Å²) in [5.74, 6) is 3.23. The third-order valence-corrected chi connectivity index (χ3v) is 11.4. The number of fused-ring (bicyclic) bond motifs is 2. The topological polar surface area (TPSA) is 36.9 Å². The van der Waals surface area contributed by atoms with Crippen LogP contribution in [0.2, 0.25) is 0 Å². The van der Waals surface area contributed by atoms with Crippen LogP contribution < -0.4 is 18.9 Å². The van der Waals surface area contributed by atoms with Crippen molar-refractivity contribution in [1.82, 2.24) is 0 Å². The lowest BCUT2D eigenvalue weighted by Crippen LogP contribution is -1.96. The summed E-state index contributed by atoms with van der Waals surface area (Å²) in [7, 11) is -1.20. The van der Waals surface area contributed by atoms with Crippen LogP contribution in [0.4, 0.5) is 0 Å². The third kappa shape index (κ3) is 2.83. The van der Waals surface area contributed by atoms with Crippen molar-refractivity contribution in [2.45, 2.75) is 27.7 Å². The molecule has 0 saturated carbocycles. The van der Waals surface area contributed by atoms with Crippen LogP contribution in [0.5, 0.6) is 23.0 Å². The first-order valence-electron chi connectivity index (χ1n) is 10.7. The van der Waals surface area contributed by atoms with Crippen molar-refractivity contribution in [3.05, 3.63) is 69.7 Å². The Bertz CT molecular complexity index is 1230. The highest BCUT2D eigenvalue weighted by Gasteiger charge is 2.32. The van der Waals surface area contributed by atoms with E-state index in [1.807, 2.05) is 0 Å². The summed E-state index contributed by atoms with van der Waals surface area (Å²) in [6.07, 6.45) is 0. The Morgan fingerprint density at radius 1 is 0.500 bits per heavy atom. The fourth-order valence-corrected chi connectivity index (χ4v) is 9.72. The second-order valence-corrected chi connectivity index (χ2v) is 13.4. The Balaban J connectivity index is 1.76. The molecule has 0 spiro atoms. The minimum atomic E-state index is -0.599. The van der Waals surface area contributed by atoms with Crippen molar-refractivity contribution in [3.63, 3.8) is 0 Å². The summed E-state index contributed by atoms with van der Waals surface area (Å²) in [5.41, 5.74) is 2.20. The second-order valence-electron chi connectivity index (χ2n) is 8.29. The highest BCUT2D eigenvalue weighted by Crippen LogP contribution is 2.63. The Morgan fingerprint density at radius 2 is 0.875 bits per heavy atom. The molecule has 2 aromatic carbocycles. The number of aryl methyl sites for hydroxylation is 4. The van der Waals surface area contributed by atoms with Crippen molar-refractivity contribution in [2.75, 3.05) is 13.6 Å². The molecule has 0 unspecified atom stereocenters. The summed E-state index contributed by atoms with van der Waals surface area (Å²) in [5, 5.41) is 8.13. The summed E-state index contributed by atoms with van der Waals surface area (Å²) < 4.78 is 23.9. The Kier molecular flexibility index (Phi) is 4.57. The van der Waals surface area contributed by atoms with Gasteiger partial charge in [0.05, 0.1) is 0 Å². The molecule has 0 saturated heterocycles. The normalized spacial score (nSPS) is 13.8. The Hall–Kier alpha value is -2.80. The smallest absolute Gasteiger partial charge is 0.231 e. The minimum absolute atomic E-state index is 0.238. The van der Waals surface area contributed by atoms with Gasteiger partial charge in [0.2, 0.25) is 13.6 Å². The van der Waals surface area contributed by atoms with E-state index in [1.165, 1.54) is 31.8 Å². The molecule has 4 heterocycles. The van der Waals surface area contributed by atoms with E-state index in [2.05, 4.69) is 76.2 Å². The van der Waals surface area contributed by atoms with Gasteiger partial charge >= 0.3 is 0 Å². The van der Waals surface area contributed by atoms with Gasteiger partial charge in [-0.15, -0.1) is 0 Å². The number of hydrogen-bond acceptors (Lipinski definition) is 4. The average Bonchev–Trinajstić information content (AvgIpc) is 3.56. The quantitative estimate of drug-likeness (QED) is 0.309. The summed E-state index contributed by atoms with van der Waals surface area (Å²) in [6.45, 7) is 9.38. The van der Waals surface area contributed by atoms with Crippen LogP contribution in [0.15, 0.2) is 48.5 Å². The van der Waals surface area contributed by atoms with E-state index in [-0.39, 0.29) is 13.6 Å². The summed E-state index contributed by atoms with van der Waals surface area (Å²) in [6, 6.07) is 17.5. The lowest BCUT2D eigenvalue weighted by atomic mass is 10.0. The zero-order chi connectivity index (χ0) is 22.0. The molecule has 0 amide bonds. The minimum Gasteiger partial charge on any atom is -0.454 e. The van der Waals surface area contributed by atoms with E-state index >= 15 is 0 Å². The van der Waals surface area contributed by atoms with Crippen molar-refractivity contribution >= 4 is 15.1 Å². The van der Waals surface area contributed by atoms with E-state index < -0.39 is 15.1 Å². The van der Waals surface area contributed by atoms with Gasteiger partial charge in [-0.05, 0) is 73.1 Å². The molecule has 4 nitrogen and oxygen atoms in total. The highest BCUT2D eigenvalue weighted by atomic mass is 31.1. The van der Waals surface area contributed by atoms with Gasteiger partial charge in [0.25, 0.3) is 0 Å². The van der Waals surface area contributed by atoms with Gasteiger partial charge in [0, 0.05) is 21.7 Å². The average molecular weight is 462 g/mol. The molecule has 2 aliphatic rings. The maximum Gasteiger partial charge on any atom is 0.231 e. The zero-order valence-electron chi connectivity index (χ0n) is 18.6. The molecule has 0 radical (unpaired) electrons. The molecule has 6 rings (SSSR count). The third-order valence-electron chi connectivity index (χ3n) is 6.31. The van der Waals surface area contributed by atoms with Crippen LogP contribution in [0.25, 0.3) is 21.7 Å². The van der Waals surface area contributed by atoms with Crippen molar-refractivity contribution in [1.29, 1.82) is 0 Å². The maximum atomic E-state index is 6.12. The van der Waals surface area contributed by atoms with E-state index in [9.17, 15) is 0 Å². The van der Waals surface area contributed by atoms with Gasteiger partial charge in [-0.3, -0.25) is 0 Å². The Labute approximate surface area is 189 Å². The molecule has 2 aromatic heterocycles. The molecule has 32 heavy (non-hydrogen) atoms. The van der Waals surface area contributed by atoms with Gasteiger partial charge < -0.3 is 18.9 Å². The molecule has 0 N–H and O–H groups in total. The van der Waals surface area contributed by atoms with Gasteiger partial charge in [-0.1, -0.05) is 39.3 Å².